The molecule has 2 fully saturated rings. The molecule has 1 aliphatic heterocycles. The number of imidazole rings is 1. The third-order valence-electron chi connectivity index (χ3n) is 5.82. The van der Waals surface area contributed by atoms with Gasteiger partial charge >= 0.3 is 5.97 Å². The first kappa shape index (κ1) is 15.6. The lowest BCUT2D eigenvalue weighted by atomic mass is 10.1. The van der Waals surface area contributed by atoms with Crippen LogP contribution in [0.3, 0.4) is 0 Å². The molecule has 132 valence electrons. The number of rotatable bonds is 3. The Hall–Kier alpha value is -2.60. The molecule has 2 atom stereocenters. The van der Waals surface area contributed by atoms with E-state index in [1.165, 1.54) is 0 Å². The second kappa shape index (κ2) is 5.20. The Morgan fingerprint density at radius 2 is 2.27 bits per heavy atom. The average molecular weight is 369 g/mol. The van der Waals surface area contributed by atoms with Gasteiger partial charge in [0.25, 0.3) is 0 Å². The number of aryl methyl sites for hydroxylation is 1. The van der Waals surface area contributed by atoms with Crippen molar-refractivity contribution < 1.29 is 9.90 Å². The van der Waals surface area contributed by atoms with Crippen molar-refractivity contribution in [2.24, 2.45) is 5.92 Å². The number of carbonyl (C=O) groups is 1. The molecule has 1 aliphatic carbocycles. The van der Waals surface area contributed by atoms with Gasteiger partial charge in [-0.3, -0.25) is 0 Å². The van der Waals surface area contributed by atoms with Gasteiger partial charge in [-0.1, -0.05) is 11.6 Å². The summed E-state index contributed by atoms with van der Waals surface area (Å²) in [6.07, 6.45) is 6.91. The largest absolute Gasteiger partial charge is 0.479 e. The van der Waals surface area contributed by atoms with Crippen LogP contribution in [0.2, 0.25) is 5.02 Å². The van der Waals surface area contributed by atoms with Crippen LogP contribution in [-0.4, -0.2) is 37.7 Å². The minimum Gasteiger partial charge on any atom is -0.479 e. The van der Waals surface area contributed by atoms with Crippen LogP contribution in [0.15, 0.2) is 36.9 Å². The molecule has 0 radical (unpaired) electrons. The number of hydrogen-bond donors (Lipinski definition) is 1. The molecule has 2 aliphatic rings. The number of aliphatic carboxylic acids is 1. The highest BCUT2D eigenvalue weighted by Crippen LogP contribution is 2.57. The maximum absolute atomic E-state index is 11.9. The van der Waals surface area contributed by atoms with Crippen LogP contribution in [0.5, 0.6) is 0 Å². The fourth-order valence-corrected chi connectivity index (χ4v) is 4.45. The Balaban J connectivity index is 1.77. The highest BCUT2D eigenvalue weighted by atomic mass is 35.5. The molecular formula is C19H17ClN4O2. The Kier molecular flexibility index (Phi) is 3.13. The molecule has 6 nitrogen and oxygen atoms in total. The van der Waals surface area contributed by atoms with Crippen molar-refractivity contribution >= 4 is 34.3 Å². The topological polar surface area (TPSA) is 71.2 Å². The van der Waals surface area contributed by atoms with Crippen molar-refractivity contribution in [1.82, 2.24) is 14.5 Å². The number of anilines is 1. The van der Waals surface area contributed by atoms with E-state index in [1.807, 2.05) is 40.8 Å². The summed E-state index contributed by atoms with van der Waals surface area (Å²) in [7, 11) is 0. The lowest BCUT2D eigenvalue weighted by Gasteiger charge is -2.27. The van der Waals surface area contributed by atoms with Gasteiger partial charge < -0.3 is 14.6 Å². The molecule has 2 aromatic heterocycles. The molecule has 0 spiro atoms. The third-order valence-corrected chi connectivity index (χ3v) is 6.23. The highest BCUT2D eigenvalue weighted by Gasteiger charge is 2.68. The van der Waals surface area contributed by atoms with Gasteiger partial charge in [-0.2, -0.15) is 0 Å². The molecule has 3 aromatic rings. The summed E-state index contributed by atoms with van der Waals surface area (Å²) < 4.78 is 1.93. The van der Waals surface area contributed by atoms with Crippen LogP contribution in [0.4, 0.5) is 5.82 Å². The summed E-state index contributed by atoms with van der Waals surface area (Å²) in [6.45, 7) is 2.65. The van der Waals surface area contributed by atoms with Crippen molar-refractivity contribution in [3.05, 3.63) is 47.5 Å². The van der Waals surface area contributed by atoms with Gasteiger partial charge in [0.1, 0.15) is 11.4 Å². The number of fused-ring (bicyclic) bond motifs is 2. The van der Waals surface area contributed by atoms with Gasteiger partial charge in [0, 0.05) is 35.4 Å². The first-order valence-electron chi connectivity index (χ1n) is 8.61. The fraction of sp³-hybridized carbons (Fsp3) is 0.316. The Morgan fingerprint density at radius 1 is 1.42 bits per heavy atom. The standard InChI is InChI=1S/C19H17ClN4O2/c1-11-14(20)3-2-13-15(23-7-5-21-10-23)8-16(22-17(11)13)24-6-4-12-9-19(12,24)18(25)26/h2-3,5,7-8,10,12H,4,6,9H2,1H3,(H,25,26). The lowest BCUT2D eigenvalue weighted by molar-refractivity contribution is -0.139. The van der Waals surface area contributed by atoms with E-state index in [1.54, 1.807) is 12.5 Å². The van der Waals surface area contributed by atoms with Crippen molar-refractivity contribution in [3.8, 4) is 5.69 Å². The van der Waals surface area contributed by atoms with Gasteiger partial charge in [-0.15, -0.1) is 0 Å². The first-order valence-corrected chi connectivity index (χ1v) is 8.99. The summed E-state index contributed by atoms with van der Waals surface area (Å²) in [4.78, 5) is 22.9. The van der Waals surface area contributed by atoms with E-state index >= 15 is 0 Å². The fourth-order valence-electron chi connectivity index (χ4n) is 4.30. The zero-order valence-electron chi connectivity index (χ0n) is 14.2. The second-order valence-corrected chi connectivity index (χ2v) is 7.52. The molecule has 1 aromatic carbocycles. The lowest BCUT2D eigenvalue weighted by Crippen LogP contribution is -2.42. The summed E-state index contributed by atoms with van der Waals surface area (Å²) in [6, 6.07) is 5.78. The minimum atomic E-state index is -0.792. The maximum atomic E-state index is 11.9. The van der Waals surface area contributed by atoms with Gasteiger partial charge in [-0.05, 0) is 43.4 Å². The maximum Gasteiger partial charge on any atom is 0.329 e. The van der Waals surface area contributed by atoms with E-state index < -0.39 is 11.5 Å². The minimum absolute atomic E-state index is 0.217. The number of aromatic nitrogens is 3. The smallest absolute Gasteiger partial charge is 0.329 e. The summed E-state index contributed by atoms with van der Waals surface area (Å²) in [5.74, 6) is 0.150. The molecule has 0 amide bonds. The molecule has 5 rings (SSSR count). The second-order valence-electron chi connectivity index (χ2n) is 7.11. The zero-order valence-corrected chi connectivity index (χ0v) is 14.9. The van der Waals surface area contributed by atoms with Gasteiger partial charge in [0.05, 0.1) is 17.5 Å². The third kappa shape index (κ3) is 1.96. The Bertz CT molecular complexity index is 1050. The van der Waals surface area contributed by atoms with Gasteiger partial charge in [-0.25, -0.2) is 14.8 Å². The molecule has 26 heavy (non-hydrogen) atoms. The van der Waals surface area contributed by atoms with Crippen molar-refractivity contribution in [2.75, 3.05) is 11.4 Å². The summed E-state index contributed by atoms with van der Waals surface area (Å²) in [5.41, 5.74) is 1.82. The molecule has 0 bridgehead atoms. The van der Waals surface area contributed by atoms with Gasteiger partial charge in [0.2, 0.25) is 0 Å². The molecule has 2 unspecified atom stereocenters. The van der Waals surface area contributed by atoms with Crippen LogP contribution in [-0.2, 0) is 4.79 Å². The van der Waals surface area contributed by atoms with Crippen LogP contribution in [0, 0.1) is 12.8 Å². The zero-order chi connectivity index (χ0) is 18.1. The normalized spacial score (nSPS) is 24.1. The Labute approximate surface area is 155 Å². The van der Waals surface area contributed by atoms with E-state index in [9.17, 15) is 9.90 Å². The SMILES string of the molecule is Cc1c(Cl)ccc2c(-n3ccnc3)cc(N3CCC4CC43C(=O)O)nc12. The van der Waals surface area contributed by atoms with E-state index in [2.05, 4.69) is 4.98 Å². The number of carboxylic acids is 1. The van der Waals surface area contributed by atoms with E-state index in [4.69, 9.17) is 16.6 Å². The summed E-state index contributed by atoms with van der Waals surface area (Å²) in [5, 5.41) is 11.4. The monoisotopic (exact) mass is 368 g/mol. The number of hydrogen-bond acceptors (Lipinski definition) is 4. The number of nitrogens with zero attached hydrogens (tertiary/aromatic N) is 4. The Morgan fingerprint density at radius 3 is 2.96 bits per heavy atom. The number of benzene rings is 1. The van der Waals surface area contributed by atoms with Crippen LogP contribution in [0.25, 0.3) is 16.6 Å². The molecule has 7 heteroatoms. The van der Waals surface area contributed by atoms with Crippen molar-refractivity contribution in [3.63, 3.8) is 0 Å². The van der Waals surface area contributed by atoms with E-state index in [0.29, 0.717) is 23.8 Å². The van der Waals surface area contributed by atoms with Crippen molar-refractivity contribution in [2.45, 2.75) is 25.3 Å². The van der Waals surface area contributed by atoms with Crippen LogP contribution in [0.1, 0.15) is 18.4 Å². The number of pyridine rings is 1. The predicted octanol–water partition coefficient (Wildman–Crippen LogP) is 3.44. The van der Waals surface area contributed by atoms with Crippen LogP contribution >= 0.6 is 11.6 Å². The molecule has 3 heterocycles. The average Bonchev–Trinajstić information content (AvgIpc) is 2.99. The number of halogens is 1. The quantitative estimate of drug-likeness (QED) is 0.766. The van der Waals surface area contributed by atoms with Crippen molar-refractivity contribution in [1.29, 1.82) is 0 Å². The summed E-state index contributed by atoms with van der Waals surface area (Å²) >= 11 is 6.32. The first-order chi connectivity index (χ1) is 12.5. The molecule has 1 saturated heterocycles. The number of piperidine rings is 1. The highest BCUT2D eigenvalue weighted by molar-refractivity contribution is 6.32. The predicted molar refractivity (Wildman–Crippen MR) is 99.0 cm³/mol. The molecule has 1 N–H and O–H groups in total. The van der Waals surface area contributed by atoms with Crippen LogP contribution < -0.4 is 4.90 Å². The van der Waals surface area contributed by atoms with E-state index in [-0.39, 0.29) is 5.92 Å². The number of carboxylic acid groups (broad SMARTS) is 1. The molecular weight excluding hydrogens is 352 g/mol. The van der Waals surface area contributed by atoms with Gasteiger partial charge in [0.15, 0.2) is 0 Å². The van der Waals surface area contributed by atoms with E-state index in [0.717, 1.165) is 28.6 Å². The molecule has 1 saturated carbocycles.